The van der Waals surface area contributed by atoms with E-state index >= 15 is 0 Å². The van der Waals surface area contributed by atoms with Gasteiger partial charge in [-0.3, -0.25) is 9.59 Å². The Bertz CT molecular complexity index is 889. The van der Waals surface area contributed by atoms with Crippen LogP contribution in [-0.4, -0.2) is 41.2 Å². The minimum absolute atomic E-state index is 0.0339. The Morgan fingerprint density at radius 3 is 2.60 bits per heavy atom. The zero-order chi connectivity index (χ0) is 21.1. The Morgan fingerprint density at radius 2 is 1.90 bits per heavy atom. The first-order valence-electron chi connectivity index (χ1n) is 11.0. The fraction of sp³-hybridized carbons (Fsp3) is 0.500. The van der Waals surface area contributed by atoms with E-state index in [4.69, 9.17) is 11.6 Å². The lowest BCUT2D eigenvalue weighted by atomic mass is 9.93. The van der Waals surface area contributed by atoms with Gasteiger partial charge in [0, 0.05) is 28.9 Å². The van der Waals surface area contributed by atoms with E-state index in [1.807, 2.05) is 29.2 Å². The molecule has 0 bridgehead atoms. The molecule has 1 atom stereocenters. The lowest BCUT2D eigenvalue weighted by Gasteiger charge is -2.38. The molecule has 1 fully saturated rings. The highest BCUT2D eigenvalue weighted by Crippen LogP contribution is 2.38. The highest BCUT2D eigenvalue weighted by atomic mass is 35.5. The van der Waals surface area contributed by atoms with Gasteiger partial charge in [-0.05, 0) is 60.4 Å². The summed E-state index contributed by atoms with van der Waals surface area (Å²) >= 11 is 7.86. The van der Waals surface area contributed by atoms with Gasteiger partial charge in [-0.15, -0.1) is 11.3 Å². The fourth-order valence-electron chi connectivity index (χ4n) is 4.81. The van der Waals surface area contributed by atoms with Crippen molar-refractivity contribution in [3.63, 3.8) is 0 Å². The Balaban J connectivity index is 1.57. The van der Waals surface area contributed by atoms with Crippen molar-refractivity contribution in [2.24, 2.45) is 5.92 Å². The van der Waals surface area contributed by atoms with Crippen molar-refractivity contribution in [3.8, 4) is 0 Å². The Morgan fingerprint density at radius 1 is 1.17 bits per heavy atom. The van der Waals surface area contributed by atoms with Crippen LogP contribution in [0.2, 0.25) is 5.02 Å². The first-order chi connectivity index (χ1) is 14.6. The summed E-state index contributed by atoms with van der Waals surface area (Å²) in [5, 5.41) is 2.79. The van der Waals surface area contributed by atoms with Gasteiger partial charge < -0.3 is 9.80 Å². The number of hydrogen-bond acceptors (Lipinski definition) is 3. The molecule has 2 aliphatic rings. The summed E-state index contributed by atoms with van der Waals surface area (Å²) in [6.45, 7) is 3.56. The lowest BCUT2D eigenvalue weighted by molar-refractivity contribution is -0.144. The van der Waals surface area contributed by atoms with Crippen LogP contribution >= 0.6 is 22.9 Å². The molecular formula is C24H29ClN2O2S. The number of carbonyl (C=O) groups is 2. The molecule has 30 heavy (non-hydrogen) atoms. The van der Waals surface area contributed by atoms with Gasteiger partial charge in [-0.2, -0.15) is 0 Å². The van der Waals surface area contributed by atoms with Gasteiger partial charge in [0.25, 0.3) is 0 Å². The number of halogens is 1. The van der Waals surface area contributed by atoms with Gasteiger partial charge >= 0.3 is 0 Å². The molecule has 0 N–H and O–H groups in total. The molecule has 1 aliphatic heterocycles. The highest BCUT2D eigenvalue weighted by molar-refractivity contribution is 7.10. The maximum absolute atomic E-state index is 13.5. The molecule has 2 heterocycles. The summed E-state index contributed by atoms with van der Waals surface area (Å²) in [6, 6.07) is 9.79. The van der Waals surface area contributed by atoms with Crippen molar-refractivity contribution in [1.29, 1.82) is 0 Å². The van der Waals surface area contributed by atoms with E-state index in [1.54, 1.807) is 16.2 Å². The van der Waals surface area contributed by atoms with E-state index < -0.39 is 0 Å². The number of thiophene rings is 1. The molecule has 0 spiro atoms. The molecule has 4 rings (SSSR count). The zero-order valence-corrected chi connectivity index (χ0v) is 19.1. The zero-order valence-electron chi connectivity index (χ0n) is 17.5. The Hall–Kier alpha value is -1.85. The monoisotopic (exact) mass is 444 g/mol. The number of benzene rings is 1. The molecule has 0 radical (unpaired) electrons. The standard InChI is InChI=1S/C24H29ClN2O2S/c1-2-13-26(24(29)18-5-3-4-6-18)16-22(28)27-14-11-21-20(12-15-30-21)23(27)17-7-9-19(25)10-8-17/h7-10,12,15,18,23H,2-6,11,13-14,16H2,1H3. The van der Waals surface area contributed by atoms with E-state index in [0.717, 1.165) is 44.1 Å². The molecule has 4 nitrogen and oxygen atoms in total. The third-order valence-electron chi connectivity index (χ3n) is 6.31. The van der Waals surface area contributed by atoms with Gasteiger partial charge in [0.2, 0.25) is 11.8 Å². The summed E-state index contributed by atoms with van der Waals surface area (Å²) in [4.78, 5) is 31.6. The maximum Gasteiger partial charge on any atom is 0.242 e. The smallest absolute Gasteiger partial charge is 0.242 e. The number of amides is 2. The normalized spacial score (nSPS) is 19.0. The molecule has 1 aromatic carbocycles. The number of nitrogens with zero attached hydrogens (tertiary/aromatic N) is 2. The SMILES string of the molecule is CCCN(CC(=O)N1CCc2sccc2C1c1ccc(Cl)cc1)C(=O)C1CCCC1. The van der Waals surface area contributed by atoms with Crippen LogP contribution in [-0.2, 0) is 16.0 Å². The minimum atomic E-state index is -0.116. The van der Waals surface area contributed by atoms with Gasteiger partial charge in [0.1, 0.15) is 0 Å². The van der Waals surface area contributed by atoms with Gasteiger partial charge in [-0.1, -0.05) is 43.5 Å². The number of rotatable bonds is 6. The third-order valence-corrected chi connectivity index (χ3v) is 7.56. The van der Waals surface area contributed by atoms with Crippen molar-refractivity contribution in [2.45, 2.75) is 51.5 Å². The summed E-state index contributed by atoms with van der Waals surface area (Å²) < 4.78 is 0. The van der Waals surface area contributed by atoms with Crippen molar-refractivity contribution in [3.05, 3.63) is 56.7 Å². The van der Waals surface area contributed by atoms with E-state index in [2.05, 4.69) is 18.4 Å². The predicted molar refractivity (Wildman–Crippen MR) is 122 cm³/mol. The van der Waals surface area contributed by atoms with Crippen molar-refractivity contribution in [1.82, 2.24) is 9.80 Å². The second-order valence-electron chi connectivity index (χ2n) is 8.33. The van der Waals surface area contributed by atoms with E-state index in [0.29, 0.717) is 18.1 Å². The topological polar surface area (TPSA) is 40.6 Å². The lowest BCUT2D eigenvalue weighted by Crippen LogP contribution is -2.48. The van der Waals surface area contributed by atoms with Crippen LogP contribution in [0.3, 0.4) is 0 Å². The number of hydrogen-bond donors (Lipinski definition) is 0. The third kappa shape index (κ3) is 4.42. The maximum atomic E-state index is 13.5. The quantitative estimate of drug-likeness (QED) is 0.606. The Labute approximate surface area is 187 Å². The van der Waals surface area contributed by atoms with Gasteiger partial charge in [0.15, 0.2) is 0 Å². The molecule has 160 valence electrons. The minimum Gasteiger partial charge on any atom is -0.333 e. The average Bonchev–Trinajstić information content (AvgIpc) is 3.44. The van der Waals surface area contributed by atoms with Crippen LogP contribution < -0.4 is 0 Å². The predicted octanol–water partition coefficient (Wildman–Crippen LogP) is 5.30. The van der Waals surface area contributed by atoms with Crippen LogP contribution in [0.1, 0.15) is 61.1 Å². The van der Waals surface area contributed by atoms with E-state index in [9.17, 15) is 9.59 Å². The van der Waals surface area contributed by atoms with Crippen molar-refractivity contribution >= 4 is 34.8 Å². The molecule has 1 aromatic heterocycles. The molecule has 2 amide bonds. The van der Waals surface area contributed by atoms with Crippen LogP contribution in [0.15, 0.2) is 35.7 Å². The molecule has 1 saturated carbocycles. The highest BCUT2D eigenvalue weighted by Gasteiger charge is 2.35. The second kappa shape index (κ2) is 9.52. The van der Waals surface area contributed by atoms with E-state index in [-0.39, 0.29) is 30.3 Å². The van der Waals surface area contributed by atoms with Gasteiger partial charge in [-0.25, -0.2) is 0 Å². The van der Waals surface area contributed by atoms with Crippen molar-refractivity contribution in [2.75, 3.05) is 19.6 Å². The van der Waals surface area contributed by atoms with Crippen LogP contribution in [0.5, 0.6) is 0 Å². The largest absolute Gasteiger partial charge is 0.333 e. The first kappa shape index (κ1) is 21.4. The van der Waals surface area contributed by atoms with E-state index in [1.165, 1.54) is 10.4 Å². The summed E-state index contributed by atoms with van der Waals surface area (Å²) in [5.74, 6) is 0.298. The summed E-state index contributed by atoms with van der Waals surface area (Å²) in [7, 11) is 0. The van der Waals surface area contributed by atoms with Crippen LogP contribution in [0.25, 0.3) is 0 Å². The molecule has 1 unspecified atom stereocenters. The average molecular weight is 445 g/mol. The van der Waals surface area contributed by atoms with Crippen LogP contribution in [0.4, 0.5) is 0 Å². The molecule has 2 aromatic rings. The molecule has 1 aliphatic carbocycles. The van der Waals surface area contributed by atoms with Crippen LogP contribution in [0, 0.1) is 5.92 Å². The molecule has 0 saturated heterocycles. The number of fused-ring (bicyclic) bond motifs is 1. The number of carbonyl (C=O) groups excluding carboxylic acids is 2. The summed E-state index contributed by atoms with van der Waals surface area (Å²) in [5.41, 5.74) is 2.27. The molecular weight excluding hydrogens is 416 g/mol. The summed E-state index contributed by atoms with van der Waals surface area (Å²) in [6.07, 6.45) is 5.89. The van der Waals surface area contributed by atoms with Crippen molar-refractivity contribution < 1.29 is 9.59 Å². The first-order valence-corrected chi connectivity index (χ1v) is 12.2. The fourth-order valence-corrected chi connectivity index (χ4v) is 5.84. The second-order valence-corrected chi connectivity index (χ2v) is 9.77. The van der Waals surface area contributed by atoms with Gasteiger partial charge in [0.05, 0.1) is 12.6 Å². The molecule has 6 heteroatoms. The Kier molecular flexibility index (Phi) is 6.79.